The van der Waals surface area contributed by atoms with Crippen molar-refractivity contribution < 1.29 is 14.6 Å². The Morgan fingerprint density at radius 3 is 3.11 bits per heavy atom. The second-order valence-corrected chi connectivity index (χ2v) is 4.72. The van der Waals surface area contributed by atoms with Crippen molar-refractivity contribution in [3.8, 4) is 5.75 Å². The Morgan fingerprint density at radius 2 is 2.37 bits per heavy atom. The van der Waals surface area contributed by atoms with Crippen LogP contribution in [0.4, 0.5) is 5.00 Å². The molecule has 1 aromatic heterocycles. The molecule has 6 heteroatoms. The fraction of sp³-hybridized carbons (Fsp3) is 0.231. The van der Waals surface area contributed by atoms with Crippen LogP contribution in [0.2, 0.25) is 0 Å². The molecule has 1 aromatic carbocycles. The van der Waals surface area contributed by atoms with Crippen LogP contribution in [0.5, 0.6) is 5.75 Å². The lowest BCUT2D eigenvalue weighted by atomic mass is 10.1. The number of thiazole rings is 1. The van der Waals surface area contributed by atoms with Crippen molar-refractivity contribution >= 4 is 22.3 Å². The van der Waals surface area contributed by atoms with Gasteiger partial charge in [-0.1, -0.05) is 12.1 Å². The minimum Gasteiger partial charge on any atom is -0.497 e. The van der Waals surface area contributed by atoms with Gasteiger partial charge in [0.15, 0.2) is 5.69 Å². The molecule has 0 fully saturated rings. The Hall–Kier alpha value is -2.08. The lowest BCUT2D eigenvalue weighted by Gasteiger charge is -2.06. The number of carboxylic acids is 1. The van der Waals surface area contributed by atoms with E-state index in [0.717, 1.165) is 17.7 Å². The van der Waals surface area contributed by atoms with E-state index in [1.165, 1.54) is 16.8 Å². The van der Waals surface area contributed by atoms with Gasteiger partial charge in [-0.25, -0.2) is 9.78 Å². The highest BCUT2D eigenvalue weighted by atomic mass is 32.1. The highest BCUT2D eigenvalue weighted by Gasteiger charge is 2.12. The Morgan fingerprint density at radius 1 is 1.53 bits per heavy atom. The van der Waals surface area contributed by atoms with Gasteiger partial charge in [-0.05, 0) is 24.1 Å². The summed E-state index contributed by atoms with van der Waals surface area (Å²) in [7, 11) is 1.63. The summed E-state index contributed by atoms with van der Waals surface area (Å²) in [5.41, 5.74) is 2.74. The maximum Gasteiger partial charge on any atom is 0.357 e. The lowest BCUT2D eigenvalue weighted by Crippen LogP contribution is -2.08. The van der Waals surface area contributed by atoms with Gasteiger partial charge in [-0.15, -0.1) is 11.3 Å². The molecule has 0 bridgehead atoms. The molecule has 0 amide bonds. The summed E-state index contributed by atoms with van der Waals surface area (Å²) in [5.74, 6) is -0.188. The quantitative estimate of drug-likeness (QED) is 0.849. The van der Waals surface area contributed by atoms with Crippen LogP contribution in [0.25, 0.3) is 0 Å². The summed E-state index contributed by atoms with van der Waals surface area (Å²) in [6, 6.07) is 7.80. The third kappa shape index (κ3) is 3.45. The van der Waals surface area contributed by atoms with Crippen molar-refractivity contribution in [3.63, 3.8) is 0 Å². The summed E-state index contributed by atoms with van der Waals surface area (Å²) < 4.78 is 5.15. The number of hydrogen-bond acceptors (Lipinski definition) is 5. The summed E-state index contributed by atoms with van der Waals surface area (Å²) in [5, 5.41) is 12.6. The third-order valence-electron chi connectivity index (χ3n) is 2.60. The first-order valence-corrected chi connectivity index (χ1v) is 6.62. The molecule has 0 radical (unpaired) electrons. The average molecular weight is 278 g/mol. The van der Waals surface area contributed by atoms with E-state index in [9.17, 15) is 4.79 Å². The lowest BCUT2D eigenvalue weighted by molar-refractivity contribution is 0.0692. The number of nitrogens with one attached hydrogen (secondary N) is 1. The van der Waals surface area contributed by atoms with Gasteiger partial charge in [0.2, 0.25) is 0 Å². The van der Waals surface area contributed by atoms with Gasteiger partial charge in [0.25, 0.3) is 0 Å². The zero-order valence-corrected chi connectivity index (χ0v) is 11.2. The number of carboxylic acid groups (broad SMARTS) is 1. The van der Waals surface area contributed by atoms with E-state index in [1.54, 1.807) is 7.11 Å². The molecule has 1 heterocycles. The number of aromatic nitrogens is 1. The molecule has 19 heavy (non-hydrogen) atoms. The van der Waals surface area contributed by atoms with E-state index in [0.29, 0.717) is 11.5 Å². The van der Waals surface area contributed by atoms with Gasteiger partial charge >= 0.3 is 5.97 Å². The maximum atomic E-state index is 10.9. The van der Waals surface area contributed by atoms with E-state index < -0.39 is 5.97 Å². The molecule has 0 spiro atoms. The Balaban J connectivity index is 1.92. The smallest absolute Gasteiger partial charge is 0.357 e. The topological polar surface area (TPSA) is 71.5 Å². The molecule has 0 aliphatic carbocycles. The van der Waals surface area contributed by atoms with Crippen LogP contribution in [0.3, 0.4) is 0 Å². The molecular weight excluding hydrogens is 264 g/mol. The molecule has 0 atom stereocenters. The van der Waals surface area contributed by atoms with Gasteiger partial charge in [-0.2, -0.15) is 0 Å². The Kier molecular flexibility index (Phi) is 4.35. The number of anilines is 1. The normalized spacial score (nSPS) is 10.2. The molecule has 2 rings (SSSR count). The fourth-order valence-corrected chi connectivity index (χ4v) is 2.37. The molecule has 0 unspecified atom stereocenters. The molecule has 0 aliphatic rings. The SMILES string of the molecule is COc1cccc(CCNc2scnc2C(=O)O)c1. The van der Waals surface area contributed by atoms with Crippen LogP contribution in [0.15, 0.2) is 29.8 Å². The first kappa shape index (κ1) is 13.4. The number of methoxy groups -OCH3 is 1. The Bertz CT molecular complexity index is 569. The minimum atomic E-state index is -1.01. The van der Waals surface area contributed by atoms with Gasteiger partial charge in [-0.3, -0.25) is 0 Å². The van der Waals surface area contributed by atoms with Crippen molar-refractivity contribution in [2.75, 3.05) is 19.0 Å². The van der Waals surface area contributed by atoms with Crippen LogP contribution in [0.1, 0.15) is 16.1 Å². The zero-order chi connectivity index (χ0) is 13.7. The molecule has 2 N–H and O–H groups in total. The van der Waals surface area contributed by atoms with E-state index >= 15 is 0 Å². The largest absolute Gasteiger partial charge is 0.497 e. The van der Waals surface area contributed by atoms with Gasteiger partial charge in [0, 0.05) is 6.54 Å². The molecule has 0 saturated heterocycles. The first-order valence-electron chi connectivity index (χ1n) is 5.74. The van der Waals surface area contributed by atoms with Crippen LogP contribution in [-0.4, -0.2) is 29.7 Å². The monoisotopic (exact) mass is 278 g/mol. The highest BCUT2D eigenvalue weighted by Crippen LogP contribution is 2.20. The van der Waals surface area contributed by atoms with Crippen LogP contribution in [-0.2, 0) is 6.42 Å². The van der Waals surface area contributed by atoms with E-state index in [4.69, 9.17) is 9.84 Å². The summed E-state index contributed by atoms with van der Waals surface area (Å²) in [6.45, 7) is 0.648. The summed E-state index contributed by atoms with van der Waals surface area (Å²) in [6.07, 6.45) is 0.786. The highest BCUT2D eigenvalue weighted by molar-refractivity contribution is 7.14. The maximum absolute atomic E-state index is 10.9. The number of ether oxygens (including phenoxy) is 1. The number of rotatable bonds is 6. The number of carbonyl (C=O) groups is 1. The van der Waals surface area contributed by atoms with Gasteiger partial charge < -0.3 is 15.2 Å². The number of nitrogens with zero attached hydrogens (tertiary/aromatic N) is 1. The predicted octanol–water partition coefficient (Wildman–Crippen LogP) is 2.50. The molecule has 100 valence electrons. The fourth-order valence-electron chi connectivity index (χ4n) is 1.67. The third-order valence-corrected chi connectivity index (χ3v) is 3.39. The second kappa shape index (κ2) is 6.19. The van der Waals surface area contributed by atoms with Gasteiger partial charge in [0.1, 0.15) is 10.8 Å². The van der Waals surface area contributed by atoms with Crippen molar-refractivity contribution in [2.24, 2.45) is 0 Å². The van der Waals surface area contributed by atoms with Crippen molar-refractivity contribution in [1.82, 2.24) is 4.98 Å². The number of hydrogen-bond donors (Lipinski definition) is 2. The van der Waals surface area contributed by atoms with Crippen LogP contribution in [0, 0.1) is 0 Å². The standard InChI is InChI=1S/C13H14N2O3S/c1-18-10-4-2-3-9(7-10)5-6-14-12-11(13(16)17)15-8-19-12/h2-4,7-8,14H,5-6H2,1H3,(H,16,17). The van der Waals surface area contributed by atoms with E-state index in [1.807, 2.05) is 24.3 Å². The van der Waals surface area contributed by atoms with Crippen molar-refractivity contribution in [1.29, 1.82) is 0 Å². The number of aromatic carboxylic acids is 1. The molecule has 0 aliphatic heterocycles. The summed E-state index contributed by atoms with van der Waals surface area (Å²) in [4.78, 5) is 14.7. The van der Waals surface area contributed by atoms with Crippen LogP contribution < -0.4 is 10.1 Å². The van der Waals surface area contributed by atoms with E-state index in [2.05, 4.69) is 10.3 Å². The predicted molar refractivity (Wildman–Crippen MR) is 74.3 cm³/mol. The minimum absolute atomic E-state index is 0.0793. The molecule has 5 nitrogen and oxygen atoms in total. The van der Waals surface area contributed by atoms with Crippen LogP contribution >= 0.6 is 11.3 Å². The second-order valence-electron chi connectivity index (χ2n) is 3.86. The number of benzene rings is 1. The first-order chi connectivity index (χ1) is 9.20. The van der Waals surface area contributed by atoms with E-state index in [-0.39, 0.29) is 5.69 Å². The summed E-state index contributed by atoms with van der Waals surface area (Å²) >= 11 is 1.29. The molecular formula is C13H14N2O3S. The molecule has 0 saturated carbocycles. The Labute approximate surface area is 114 Å². The zero-order valence-electron chi connectivity index (χ0n) is 10.4. The average Bonchev–Trinajstić information content (AvgIpc) is 2.87. The molecule has 2 aromatic rings. The van der Waals surface area contributed by atoms with Gasteiger partial charge in [0.05, 0.1) is 12.6 Å². The van der Waals surface area contributed by atoms with Crippen molar-refractivity contribution in [2.45, 2.75) is 6.42 Å². The van der Waals surface area contributed by atoms with Crippen molar-refractivity contribution in [3.05, 3.63) is 41.0 Å².